The number of carbonyl (C=O) groups excluding carboxylic acids is 1. The zero-order valence-corrected chi connectivity index (χ0v) is 18.7. The summed E-state index contributed by atoms with van der Waals surface area (Å²) in [6.45, 7) is 4.23. The van der Waals surface area contributed by atoms with Gasteiger partial charge in [-0.15, -0.1) is 0 Å². The van der Waals surface area contributed by atoms with Gasteiger partial charge in [-0.25, -0.2) is 0 Å². The fourth-order valence-corrected chi connectivity index (χ4v) is 4.96. The topological polar surface area (TPSA) is 67.6 Å². The van der Waals surface area contributed by atoms with Crippen LogP contribution in [0.2, 0.25) is 0 Å². The molecule has 4 aromatic rings. The molecule has 1 aliphatic heterocycles. The highest BCUT2D eigenvalue weighted by Crippen LogP contribution is 2.46. The van der Waals surface area contributed by atoms with E-state index in [2.05, 4.69) is 28.4 Å². The van der Waals surface area contributed by atoms with E-state index in [0.717, 1.165) is 65.2 Å². The van der Waals surface area contributed by atoms with Crippen LogP contribution in [-0.2, 0) is 0 Å². The number of hydrogen-bond acceptors (Lipinski definition) is 6. The van der Waals surface area contributed by atoms with Crippen LogP contribution in [-0.4, -0.2) is 31.1 Å². The average molecular weight is 440 g/mol. The van der Waals surface area contributed by atoms with Crippen molar-refractivity contribution >= 4 is 33.7 Å². The SMILES string of the molecule is COc1ccc(Nc2cc(N3CCC(C)CC3)c3noc4c3c2C(=O)c2ccccc2-4)cc1. The van der Waals surface area contributed by atoms with Crippen molar-refractivity contribution in [1.29, 1.82) is 0 Å². The van der Waals surface area contributed by atoms with Crippen LogP contribution in [0.3, 0.4) is 0 Å². The van der Waals surface area contributed by atoms with Crippen molar-refractivity contribution in [3.63, 3.8) is 0 Å². The smallest absolute Gasteiger partial charge is 0.196 e. The fourth-order valence-electron chi connectivity index (χ4n) is 4.96. The van der Waals surface area contributed by atoms with Gasteiger partial charge in [0.25, 0.3) is 0 Å². The largest absolute Gasteiger partial charge is 0.497 e. The zero-order valence-electron chi connectivity index (χ0n) is 18.7. The van der Waals surface area contributed by atoms with E-state index in [9.17, 15) is 4.79 Å². The molecule has 0 spiro atoms. The molecule has 0 saturated carbocycles. The number of hydrogen-bond donors (Lipinski definition) is 1. The number of nitrogens with one attached hydrogen (secondary N) is 1. The number of ether oxygens (including phenoxy) is 1. The molecule has 1 saturated heterocycles. The van der Waals surface area contributed by atoms with Crippen LogP contribution in [0.1, 0.15) is 35.7 Å². The van der Waals surface area contributed by atoms with Gasteiger partial charge in [0.1, 0.15) is 11.3 Å². The highest BCUT2D eigenvalue weighted by atomic mass is 16.5. The summed E-state index contributed by atoms with van der Waals surface area (Å²) in [6, 6.07) is 17.4. The third kappa shape index (κ3) is 3.17. The molecule has 1 aliphatic carbocycles. The lowest BCUT2D eigenvalue weighted by molar-refractivity contribution is 0.104. The molecule has 3 aromatic carbocycles. The molecule has 0 radical (unpaired) electrons. The molecular weight excluding hydrogens is 414 g/mol. The van der Waals surface area contributed by atoms with Gasteiger partial charge >= 0.3 is 0 Å². The lowest BCUT2D eigenvalue weighted by Gasteiger charge is -2.33. The van der Waals surface area contributed by atoms with Gasteiger partial charge in [0.2, 0.25) is 0 Å². The Morgan fingerprint density at radius 3 is 2.52 bits per heavy atom. The summed E-state index contributed by atoms with van der Waals surface area (Å²) >= 11 is 0. The second-order valence-electron chi connectivity index (χ2n) is 8.95. The number of benzene rings is 3. The minimum Gasteiger partial charge on any atom is -0.497 e. The lowest BCUT2D eigenvalue weighted by atomic mass is 9.86. The molecule has 1 aromatic heterocycles. The third-order valence-corrected chi connectivity index (χ3v) is 6.87. The number of rotatable bonds is 4. The minimum atomic E-state index is -0.0128. The predicted molar refractivity (Wildman–Crippen MR) is 130 cm³/mol. The van der Waals surface area contributed by atoms with Crippen LogP contribution in [0.25, 0.3) is 22.2 Å². The number of ketones is 1. The maximum Gasteiger partial charge on any atom is 0.196 e. The van der Waals surface area contributed by atoms with Gasteiger partial charge in [0.15, 0.2) is 11.5 Å². The van der Waals surface area contributed by atoms with E-state index in [0.29, 0.717) is 22.8 Å². The van der Waals surface area contributed by atoms with Crippen molar-refractivity contribution in [2.45, 2.75) is 19.8 Å². The molecule has 0 amide bonds. The Balaban J connectivity index is 1.56. The van der Waals surface area contributed by atoms with Crippen molar-refractivity contribution in [3.05, 3.63) is 65.7 Å². The zero-order chi connectivity index (χ0) is 22.5. The molecule has 6 heteroatoms. The first-order valence-electron chi connectivity index (χ1n) is 11.4. The van der Waals surface area contributed by atoms with Crippen LogP contribution < -0.4 is 15.0 Å². The number of anilines is 3. The van der Waals surface area contributed by atoms with Gasteiger partial charge in [-0.1, -0.05) is 36.3 Å². The first kappa shape index (κ1) is 19.9. The molecule has 2 heterocycles. The van der Waals surface area contributed by atoms with E-state index in [1.807, 2.05) is 48.5 Å². The second-order valence-corrected chi connectivity index (χ2v) is 8.95. The Kier molecular flexibility index (Phi) is 4.61. The highest BCUT2D eigenvalue weighted by Gasteiger charge is 2.34. The van der Waals surface area contributed by atoms with E-state index >= 15 is 0 Å². The molecule has 33 heavy (non-hydrogen) atoms. The third-order valence-electron chi connectivity index (χ3n) is 6.87. The summed E-state index contributed by atoms with van der Waals surface area (Å²) in [7, 11) is 1.65. The van der Waals surface area contributed by atoms with E-state index in [4.69, 9.17) is 9.26 Å². The Bertz CT molecular complexity index is 1370. The van der Waals surface area contributed by atoms with Gasteiger partial charge in [-0.2, -0.15) is 0 Å². The van der Waals surface area contributed by atoms with Crippen LogP contribution >= 0.6 is 0 Å². The van der Waals surface area contributed by atoms with Crippen LogP contribution in [0, 0.1) is 5.92 Å². The van der Waals surface area contributed by atoms with Crippen molar-refractivity contribution in [2.24, 2.45) is 5.92 Å². The van der Waals surface area contributed by atoms with Crippen LogP contribution in [0.15, 0.2) is 59.1 Å². The molecule has 6 rings (SSSR count). The lowest BCUT2D eigenvalue weighted by Crippen LogP contribution is -2.33. The number of methoxy groups -OCH3 is 1. The predicted octanol–water partition coefficient (Wildman–Crippen LogP) is 6.03. The van der Waals surface area contributed by atoms with Crippen LogP contribution in [0.5, 0.6) is 5.75 Å². The highest BCUT2D eigenvalue weighted by molar-refractivity contribution is 6.28. The number of carbonyl (C=O) groups is 1. The van der Waals surface area contributed by atoms with Gasteiger partial charge in [-0.3, -0.25) is 4.79 Å². The fraction of sp³-hybridized carbons (Fsp3) is 0.259. The number of piperidine rings is 1. The average Bonchev–Trinajstić information content (AvgIpc) is 3.29. The first-order valence-corrected chi connectivity index (χ1v) is 11.4. The standard InChI is InChI=1S/C27H25N3O3/c1-16-11-13-30(14-12-16)22-15-21(28-17-7-9-18(32-2)10-8-17)23-24-25(22)29-33-27(24)20-6-4-3-5-19(20)26(23)31/h3-10,15-16,28H,11-14H2,1-2H3. The second kappa shape index (κ2) is 7.66. The van der Waals surface area contributed by atoms with Crippen molar-refractivity contribution in [1.82, 2.24) is 5.16 Å². The number of fused-ring (bicyclic) bond motifs is 2. The van der Waals surface area contributed by atoms with Crippen molar-refractivity contribution in [2.75, 3.05) is 30.4 Å². The van der Waals surface area contributed by atoms with E-state index in [1.54, 1.807) is 7.11 Å². The van der Waals surface area contributed by atoms with Crippen molar-refractivity contribution < 1.29 is 14.1 Å². The Labute approximate surface area is 192 Å². The Morgan fingerprint density at radius 1 is 1.06 bits per heavy atom. The van der Waals surface area contributed by atoms with E-state index in [-0.39, 0.29) is 5.78 Å². The summed E-state index contributed by atoms with van der Waals surface area (Å²) < 4.78 is 11.2. The molecule has 0 bridgehead atoms. The molecule has 0 atom stereocenters. The maximum atomic E-state index is 13.7. The number of aromatic nitrogens is 1. The Morgan fingerprint density at radius 2 is 1.79 bits per heavy atom. The molecule has 2 aliphatic rings. The molecule has 1 fully saturated rings. The minimum absolute atomic E-state index is 0.0128. The van der Waals surface area contributed by atoms with Gasteiger partial charge in [0.05, 0.1) is 29.4 Å². The number of nitrogens with zero attached hydrogens (tertiary/aromatic N) is 2. The molecular formula is C27H25N3O3. The van der Waals surface area contributed by atoms with Crippen molar-refractivity contribution in [3.8, 4) is 17.1 Å². The summed E-state index contributed by atoms with van der Waals surface area (Å²) in [5.74, 6) is 2.15. The molecule has 6 nitrogen and oxygen atoms in total. The summed E-state index contributed by atoms with van der Waals surface area (Å²) in [5, 5.41) is 8.77. The van der Waals surface area contributed by atoms with Gasteiger partial charge < -0.3 is 19.5 Å². The Hall–Kier alpha value is -3.80. The molecule has 1 N–H and O–H groups in total. The molecule has 0 unspecified atom stereocenters. The first-order chi connectivity index (χ1) is 16.1. The quantitative estimate of drug-likeness (QED) is 0.369. The monoisotopic (exact) mass is 439 g/mol. The summed E-state index contributed by atoms with van der Waals surface area (Å²) in [4.78, 5) is 16.1. The molecule has 166 valence electrons. The normalized spacial score (nSPS) is 15.6. The summed E-state index contributed by atoms with van der Waals surface area (Å²) in [6.07, 6.45) is 2.27. The van der Waals surface area contributed by atoms with Crippen LogP contribution in [0.4, 0.5) is 17.1 Å². The van der Waals surface area contributed by atoms with Gasteiger partial charge in [-0.05, 0) is 49.1 Å². The van der Waals surface area contributed by atoms with Gasteiger partial charge in [0, 0.05) is 29.9 Å². The van der Waals surface area contributed by atoms with E-state index < -0.39 is 0 Å². The summed E-state index contributed by atoms with van der Waals surface area (Å²) in [5.41, 5.74) is 5.48. The maximum absolute atomic E-state index is 13.7. The van der Waals surface area contributed by atoms with E-state index in [1.165, 1.54) is 0 Å².